The zero-order valence-electron chi connectivity index (χ0n) is 11.1. The summed E-state index contributed by atoms with van der Waals surface area (Å²) in [7, 11) is 1.45. The number of ether oxygens (including phenoxy) is 2. The van der Waals surface area contributed by atoms with E-state index in [0.717, 1.165) is 0 Å². The number of hydrogen-bond donors (Lipinski definition) is 4. The largest absolute Gasteiger partial charge is 0.394 e. The summed E-state index contributed by atoms with van der Waals surface area (Å²) in [6.45, 7) is -0.322. The molecule has 21 heavy (non-hydrogen) atoms. The first-order valence-electron chi connectivity index (χ1n) is 6.31. The third-order valence-electron chi connectivity index (χ3n) is 3.56. The number of hydrogen-bond acceptors (Lipinski definition) is 8. The summed E-state index contributed by atoms with van der Waals surface area (Å²) in [4.78, 5) is 19.0. The predicted molar refractivity (Wildman–Crippen MR) is 76.2 cm³/mol. The Hall–Kier alpha value is -1.52. The molecule has 0 unspecified atom stereocenters. The Balaban J connectivity index is 2.10. The number of aromatic amines is 1. The summed E-state index contributed by atoms with van der Waals surface area (Å²) >= 11 is 1.28. The Morgan fingerprint density at radius 1 is 1.62 bits per heavy atom. The summed E-state index contributed by atoms with van der Waals surface area (Å²) in [5.74, 6) is 0.0124. The molecule has 0 spiro atoms. The average molecular weight is 313 g/mol. The Morgan fingerprint density at radius 3 is 3.05 bits per heavy atom. The van der Waals surface area contributed by atoms with Crippen molar-refractivity contribution in [3.8, 4) is 0 Å². The molecule has 0 amide bonds. The van der Waals surface area contributed by atoms with Gasteiger partial charge in [-0.1, -0.05) is 0 Å². The first kappa shape index (κ1) is 14.4. The van der Waals surface area contributed by atoms with Crippen molar-refractivity contribution in [3.63, 3.8) is 0 Å². The van der Waals surface area contributed by atoms with Gasteiger partial charge in [0.1, 0.15) is 24.4 Å². The molecule has 4 atom stereocenters. The number of nitrogens with two attached hydrogens (primary N) is 1. The van der Waals surface area contributed by atoms with E-state index in [1.165, 1.54) is 18.4 Å². The van der Waals surface area contributed by atoms with E-state index in [0.29, 0.717) is 15.8 Å². The molecule has 8 nitrogen and oxygen atoms in total. The molecule has 2 aromatic rings. The number of methoxy groups -OCH3 is 1. The van der Waals surface area contributed by atoms with Gasteiger partial charge in [-0.25, -0.2) is 4.98 Å². The second kappa shape index (κ2) is 5.35. The molecule has 5 N–H and O–H groups in total. The Bertz CT molecular complexity index is 714. The Morgan fingerprint density at radius 2 is 2.38 bits per heavy atom. The number of nitrogens with one attached hydrogen (secondary N) is 1. The molecule has 114 valence electrons. The van der Waals surface area contributed by atoms with Crippen molar-refractivity contribution in [3.05, 3.63) is 20.6 Å². The molecule has 3 rings (SSSR count). The van der Waals surface area contributed by atoms with Crippen molar-refractivity contribution < 1.29 is 19.7 Å². The van der Waals surface area contributed by atoms with Crippen LogP contribution in [0.2, 0.25) is 0 Å². The van der Waals surface area contributed by atoms with Crippen LogP contribution < -0.4 is 11.3 Å². The van der Waals surface area contributed by atoms with Crippen molar-refractivity contribution in [2.45, 2.75) is 24.4 Å². The summed E-state index contributed by atoms with van der Waals surface area (Å²) in [5.41, 5.74) is 5.68. The molecular formula is C12H15N3O5S. The van der Waals surface area contributed by atoms with Crippen LogP contribution in [0.5, 0.6) is 0 Å². The number of thiophene rings is 1. The molecule has 2 aromatic heterocycles. The second-order valence-electron chi connectivity index (χ2n) is 4.78. The van der Waals surface area contributed by atoms with E-state index < -0.39 is 24.4 Å². The Kier molecular flexibility index (Phi) is 3.68. The molecule has 3 heterocycles. The normalized spacial score (nSPS) is 29.3. The number of nitrogens with zero attached hydrogens (tertiary/aromatic N) is 1. The lowest BCUT2D eigenvalue weighted by Crippen LogP contribution is -2.33. The van der Waals surface area contributed by atoms with Gasteiger partial charge in [0, 0.05) is 12.5 Å². The van der Waals surface area contributed by atoms with E-state index in [1.54, 1.807) is 5.38 Å². The zero-order chi connectivity index (χ0) is 15.1. The molecule has 0 aliphatic carbocycles. The number of anilines is 1. The maximum atomic E-state index is 11.8. The molecule has 0 radical (unpaired) electrons. The van der Waals surface area contributed by atoms with Gasteiger partial charge >= 0.3 is 0 Å². The molecular weight excluding hydrogens is 298 g/mol. The van der Waals surface area contributed by atoms with Crippen LogP contribution in [0, 0.1) is 0 Å². The highest BCUT2D eigenvalue weighted by atomic mass is 32.1. The number of rotatable bonds is 3. The Labute approximate surface area is 123 Å². The van der Waals surface area contributed by atoms with Gasteiger partial charge in [0.15, 0.2) is 0 Å². The number of aliphatic hydroxyl groups is 2. The van der Waals surface area contributed by atoms with Crippen LogP contribution in [0.1, 0.15) is 11.0 Å². The third-order valence-corrected chi connectivity index (χ3v) is 4.59. The van der Waals surface area contributed by atoms with Gasteiger partial charge in [-0.05, 0) is 0 Å². The SMILES string of the molecule is CO[C@@H]1[C@H](O)[C@@H](CO)O[C@H]1c1scc2c(=O)[nH]c(N)nc12. The highest BCUT2D eigenvalue weighted by molar-refractivity contribution is 7.11. The van der Waals surface area contributed by atoms with Gasteiger partial charge in [-0.3, -0.25) is 9.78 Å². The molecule has 1 aliphatic heterocycles. The van der Waals surface area contributed by atoms with Crippen molar-refractivity contribution in [2.24, 2.45) is 0 Å². The van der Waals surface area contributed by atoms with Crippen LogP contribution in [0.15, 0.2) is 10.2 Å². The van der Waals surface area contributed by atoms with E-state index in [1.807, 2.05) is 0 Å². The molecule has 0 bridgehead atoms. The molecule has 0 saturated carbocycles. The lowest BCUT2D eigenvalue weighted by Gasteiger charge is -2.17. The molecule has 1 aliphatic rings. The fourth-order valence-electron chi connectivity index (χ4n) is 2.54. The minimum atomic E-state index is -0.957. The highest BCUT2D eigenvalue weighted by Gasteiger charge is 2.45. The van der Waals surface area contributed by atoms with Crippen LogP contribution in [-0.4, -0.2) is 52.2 Å². The average Bonchev–Trinajstić information content (AvgIpc) is 2.99. The summed E-state index contributed by atoms with van der Waals surface area (Å²) in [6, 6.07) is 0. The van der Waals surface area contributed by atoms with Crippen molar-refractivity contribution in [1.82, 2.24) is 9.97 Å². The van der Waals surface area contributed by atoms with Crippen LogP contribution >= 0.6 is 11.3 Å². The maximum Gasteiger partial charge on any atom is 0.261 e. The lowest BCUT2D eigenvalue weighted by atomic mass is 10.1. The minimum Gasteiger partial charge on any atom is -0.394 e. The van der Waals surface area contributed by atoms with Gasteiger partial charge in [-0.15, -0.1) is 11.3 Å². The van der Waals surface area contributed by atoms with Gasteiger partial charge in [0.05, 0.1) is 22.4 Å². The quantitative estimate of drug-likeness (QED) is 0.593. The second-order valence-corrected chi connectivity index (χ2v) is 5.69. The maximum absolute atomic E-state index is 11.8. The van der Waals surface area contributed by atoms with E-state index in [2.05, 4.69) is 9.97 Å². The smallest absolute Gasteiger partial charge is 0.261 e. The van der Waals surface area contributed by atoms with Gasteiger partial charge in [-0.2, -0.15) is 0 Å². The fraction of sp³-hybridized carbons (Fsp3) is 0.500. The number of aliphatic hydroxyl groups excluding tert-OH is 2. The predicted octanol–water partition coefficient (Wildman–Crippen LogP) is -0.625. The van der Waals surface area contributed by atoms with Gasteiger partial charge in [0.2, 0.25) is 5.95 Å². The topological polar surface area (TPSA) is 131 Å². The third kappa shape index (κ3) is 2.23. The summed E-state index contributed by atoms with van der Waals surface area (Å²) in [6.07, 6.45) is -2.96. The number of H-pyrrole nitrogens is 1. The highest BCUT2D eigenvalue weighted by Crippen LogP contribution is 2.40. The number of fused-ring (bicyclic) bond motifs is 1. The van der Waals surface area contributed by atoms with Crippen molar-refractivity contribution in [2.75, 3.05) is 19.5 Å². The molecule has 9 heteroatoms. The van der Waals surface area contributed by atoms with E-state index in [-0.39, 0.29) is 18.1 Å². The molecule has 0 aromatic carbocycles. The van der Waals surface area contributed by atoms with Crippen LogP contribution in [-0.2, 0) is 9.47 Å². The van der Waals surface area contributed by atoms with Gasteiger partial charge in [0.25, 0.3) is 5.56 Å². The standard InChI is InChI=1S/C12H15N3O5S/c1-19-8-7(17)5(2-16)20-9(8)10-6-4(3-21-10)11(18)15-12(13)14-6/h3,5,7-9,16-17H,2H2,1H3,(H3,13,14,15,18)/t5-,7-,8-,9-/m1/s1. The first-order chi connectivity index (χ1) is 10.1. The molecule has 1 saturated heterocycles. The lowest BCUT2D eigenvalue weighted by molar-refractivity contribution is -0.0217. The van der Waals surface area contributed by atoms with E-state index in [4.69, 9.17) is 15.2 Å². The monoisotopic (exact) mass is 313 g/mol. The van der Waals surface area contributed by atoms with E-state index >= 15 is 0 Å². The summed E-state index contributed by atoms with van der Waals surface area (Å²) in [5, 5.41) is 21.4. The summed E-state index contributed by atoms with van der Waals surface area (Å²) < 4.78 is 10.9. The molecule has 1 fully saturated rings. The van der Waals surface area contributed by atoms with Crippen LogP contribution in [0.3, 0.4) is 0 Å². The number of nitrogen functional groups attached to an aromatic ring is 1. The minimum absolute atomic E-state index is 0.0124. The van der Waals surface area contributed by atoms with Crippen LogP contribution in [0.25, 0.3) is 10.9 Å². The van der Waals surface area contributed by atoms with E-state index in [9.17, 15) is 15.0 Å². The number of aromatic nitrogens is 2. The zero-order valence-corrected chi connectivity index (χ0v) is 12.0. The van der Waals surface area contributed by atoms with Crippen molar-refractivity contribution >= 4 is 28.2 Å². The fourth-order valence-corrected chi connectivity index (χ4v) is 3.59. The van der Waals surface area contributed by atoms with Gasteiger partial charge < -0.3 is 25.4 Å². The first-order valence-corrected chi connectivity index (χ1v) is 7.18. The van der Waals surface area contributed by atoms with Crippen LogP contribution in [0.4, 0.5) is 5.95 Å². The van der Waals surface area contributed by atoms with Crippen molar-refractivity contribution in [1.29, 1.82) is 0 Å².